The lowest BCUT2D eigenvalue weighted by molar-refractivity contribution is 0.615. The molecule has 1 heterocycles. The molecule has 0 atom stereocenters. The molecule has 0 amide bonds. The Balaban J connectivity index is 2.86. The summed E-state index contributed by atoms with van der Waals surface area (Å²) >= 11 is 5.83. The fraction of sp³-hybridized carbons (Fsp3) is 0.111. The molecule has 56 valence electrons. The minimum Gasteiger partial charge on any atom is -0.463 e. The Morgan fingerprint density at radius 1 is 1.36 bits per heavy atom. The first-order chi connectivity index (χ1) is 5.27. The summed E-state index contributed by atoms with van der Waals surface area (Å²) in [6, 6.07) is 5.96. The molecule has 0 bridgehead atoms. The molecular weight excluding hydrogens is 160 g/mol. The summed E-state index contributed by atoms with van der Waals surface area (Å²) in [6.45, 7) is 2.02. The Kier molecular flexibility index (Phi) is 1.40. The standard InChI is InChI=1S/C9H7ClO/c1-6-2-3-7-8(10)5-11-9(7)4-6/h2-5H,1H3. The Bertz CT molecular complexity index is 389. The van der Waals surface area contributed by atoms with Crippen molar-refractivity contribution in [3.05, 3.63) is 35.0 Å². The van der Waals surface area contributed by atoms with Gasteiger partial charge in [0.1, 0.15) is 11.8 Å². The van der Waals surface area contributed by atoms with Gasteiger partial charge in [0.15, 0.2) is 0 Å². The zero-order valence-electron chi connectivity index (χ0n) is 6.10. The van der Waals surface area contributed by atoms with E-state index in [9.17, 15) is 0 Å². The van der Waals surface area contributed by atoms with Crippen LogP contribution in [0.5, 0.6) is 0 Å². The molecule has 11 heavy (non-hydrogen) atoms. The van der Waals surface area contributed by atoms with Gasteiger partial charge in [-0.05, 0) is 24.6 Å². The molecule has 0 saturated heterocycles. The Labute approximate surface area is 69.6 Å². The molecule has 0 aliphatic rings. The lowest BCUT2D eigenvalue weighted by Crippen LogP contribution is -1.68. The molecule has 1 nitrogen and oxygen atoms in total. The lowest BCUT2D eigenvalue weighted by atomic mass is 10.2. The molecule has 0 aliphatic heterocycles. The van der Waals surface area contributed by atoms with Gasteiger partial charge >= 0.3 is 0 Å². The minimum atomic E-state index is 0.681. The molecule has 1 aromatic heterocycles. The van der Waals surface area contributed by atoms with E-state index in [2.05, 4.69) is 0 Å². The van der Waals surface area contributed by atoms with Crippen LogP contribution in [0.4, 0.5) is 0 Å². The topological polar surface area (TPSA) is 13.1 Å². The van der Waals surface area contributed by atoms with Gasteiger partial charge in [-0.25, -0.2) is 0 Å². The van der Waals surface area contributed by atoms with Gasteiger partial charge < -0.3 is 4.42 Å². The largest absolute Gasteiger partial charge is 0.463 e. The number of hydrogen-bond acceptors (Lipinski definition) is 1. The number of halogens is 1. The molecule has 0 fully saturated rings. The summed E-state index contributed by atoms with van der Waals surface area (Å²) in [5, 5.41) is 1.66. The van der Waals surface area contributed by atoms with Crippen LogP contribution in [0.25, 0.3) is 11.0 Å². The van der Waals surface area contributed by atoms with Crippen molar-refractivity contribution in [1.82, 2.24) is 0 Å². The highest BCUT2D eigenvalue weighted by Gasteiger charge is 2.01. The number of furan rings is 1. The van der Waals surface area contributed by atoms with Crippen molar-refractivity contribution < 1.29 is 4.42 Å². The van der Waals surface area contributed by atoms with E-state index in [0.29, 0.717) is 5.02 Å². The van der Waals surface area contributed by atoms with Gasteiger partial charge in [-0.1, -0.05) is 17.7 Å². The van der Waals surface area contributed by atoms with E-state index in [1.54, 1.807) is 6.26 Å². The van der Waals surface area contributed by atoms with Gasteiger partial charge in [0.25, 0.3) is 0 Å². The fourth-order valence-corrected chi connectivity index (χ4v) is 1.30. The maximum atomic E-state index is 5.83. The zero-order valence-corrected chi connectivity index (χ0v) is 6.85. The average Bonchev–Trinajstić information content (AvgIpc) is 2.32. The van der Waals surface area contributed by atoms with Crippen LogP contribution in [0.15, 0.2) is 28.9 Å². The molecule has 0 radical (unpaired) electrons. The van der Waals surface area contributed by atoms with Gasteiger partial charge in [0.05, 0.1) is 5.02 Å². The van der Waals surface area contributed by atoms with Crippen molar-refractivity contribution >= 4 is 22.6 Å². The number of rotatable bonds is 0. The van der Waals surface area contributed by atoms with E-state index in [0.717, 1.165) is 11.0 Å². The highest BCUT2D eigenvalue weighted by Crippen LogP contribution is 2.25. The molecule has 2 aromatic rings. The van der Waals surface area contributed by atoms with E-state index in [1.165, 1.54) is 5.56 Å². The van der Waals surface area contributed by atoms with E-state index in [-0.39, 0.29) is 0 Å². The molecule has 0 unspecified atom stereocenters. The first kappa shape index (κ1) is 6.74. The van der Waals surface area contributed by atoms with E-state index >= 15 is 0 Å². The molecule has 1 aromatic carbocycles. The molecule has 0 aliphatic carbocycles. The van der Waals surface area contributed by atoms with Crippen molar-refractivity contribution in [3.63, 3.8) is 0 Å². The first-order valence-corrected chi connectivity index (χ1v) is 3.78. The summed E-state index contributed by atoms with van der Waals surface area (Å²) in [4.78, 5) is 0. The minimum absolute atomic E-state index is 0.681. The van der Waals surface area contributed by atoms with Crippen LogP contribution in [0.3, 0.4) is 0 Å². The van der Waals surface area contributed by atoms with Crippen molar-refractivity contribution in [2.24, 2.45) is 0 Å². The van der Waals surface area contributed by atoms with Gasteiger partial charge in [-0.15, -0.1) is 0 Å². The van der Waals surface area contributed by atoms with Crippen LogP contribution in [0.1, 0.15) is 5.56 Å². The second-order valence-electron chi connectivity index (χ2n) is 2.58. The van der Waals surface area contributed by atoms with Crippen LogP contribution in [0.2, 0.25) is 5.02 Å². The first-order valence-electron chi connectivity index (χ1n) is 3.41. The molecule has 0 N–H and O–H groups in total. The third kappa shape index (κ3) is 1.02. The summed E-state index contributed by atoms with van der Waals surface area (Å²) < 4.78 is 5.20. The third-order valence-electron chi connectivity index (χ3n) is 1.68. The highest BCUT2D eigenvalue weighted by atomic mass is 35.5. The van der Waals surface area contributed by atoms with Crippen LogP contribution >= 0.6 is 11.6 Å². The van der Waals surface area contributed by atoms with E-state index in [4.69, 9.17) is 16.0 Å². The number of benzene rings is 1. The van der Waals surface area contributed by atoms with E-state index < -0.39 is 0 Å². The lowest BCUT2D eigenvalue weighted by Gasteiger charge is -1.90. The molecule has 0 saturated carbocycles. The predicted octanol–water partition coefficient (Wildman–Crippen LogP) is 3.39. The summed E-state index contributed by atoms with van der Waals surface area (Å²) in [7, 11) is 0. The Hall–Kier alpha value is -0.950. The average molecular weight is 167 g/mol. The maximum Gasteiger partial charge on any atom is 0.135 e. The normalized spacial score (nSPS) is 10.7. The zero-order chi connectivity index (χ0) is 7.84. The summed E-state index contributed by atoms with van der Waals surface area (Å²) in [5.41, 5.74) is 2.04. The molecule has 2 heteroatoms. The predicted molar refractivity (Wildman–Crippen MR) is 46.0 cm³/mol. The summed E-state index contributed by atoms with van der Waals surface area (Å²) in [5.74, 6) is 0. The fourth-order valence-electron chi connectivity index (χ4n) is 1.10. The number of aryl methyl sites for hydroxylation is 1. The van der Waals surface area contributed by atoms with Crippen molar-refractivity contribution in [1.29, 1.82) is 0 Å². The second kappa shape index (κ2) is 2.28. The van der Waals surface area contributed by atoms with Crippen molar-refractivity contribution in [2.75, 3.05) is 0 Å². The van der Waals surface area contributed by atoms with Crippen LogP contribution in [-0.4, -0.2) is 0 Å². The SMILES string of the molecule is Cc1ccc2c(Cl)coc2c1. The van der Waals surface area contributed by atoms with Crippen molar-refractivity contribution in [3.8, 4) is 0 Å². The molecular formula is C9H7ClO. The van der Waals surface area contributed by atoms with Gasteiger partial charge in [0, 0.05) is 5.39 Å². The third-order valence-corrected chi connectivity index (χ3v) is 1.98. The van der Waals surface area contributed by atoms with Crippen molar-refractivity contribution in [2.45, 2.75) is 6.92 Å². The van der Waals surface area contributed by atoms with Crippen LogP contribution in [0, 0.1) is 6.92 Å². The van der Waals surface area contributed by atoms with Crippen LogP contribution < -0.4 is 0 Å². The second-order valence-corrected chi connectivity index (χ2v) is 2.99. The Morgan fingerprint density at radius 3 is 3.00 bits per heavy atom. The Morgan fingerprint density at radius 2 is 2.18 bits per heavy atom. The quantitative estimate of drug-likeness (QED) is 0.585. The van der Waals surface area contributed by atoms with E-state index in [1.807, 2.05) is 25.1 Å². The monoisotopic (exact) mass is 166 g/mol. The molecule has 2 rings (SSSR count). The van der Waals surface area contributed by atoms with Gasteiger partial charge in [0.2, 0.25) is 0 Å². The van der Waals surface area contributed by atoms with Crippen LogP contribution in [-0.2, 0) is 0 Å². The summed E-state index contributed by atoms with van der Waals surface area (Å²) in [6.07, 6.45) is 1.56. The van der Waals surface area contributed by atoms with Gasteiger partial charge in [-0.3, -0.25) is 0 Å². The number of hydrogen-bond donors (Lipinski definition) is 0. The highest BCUT2D eigenvalue weighted by molar-refractivity contribution is 6.35. The smallest absolute Gasteiger partial charge is 0.135 e. The number of fused-ring (bicyclic) bond motifs is 1. The molecule has 0 spiro atoms. The maximum absolute atomic E-state index is 5.83. The van der Waals surface area contributed by atoms with Gasteiger partial charge in [-0.2, -0.15) is 0 Å².